The van der Waals surface area contributed by atoms with Crippen LogP contribution in [-0.2, 0) is 14.3 Å². The highest BCUT2D eigenvalue weighted by Crippen LogP contribution is 2.14. The predicted octanol–water partition coefficient (Wildman–Crippen LogP) is 0.927. The van der Waals surface area contributed by atoms with Gasteiger partial charge >= 0.3 is 0 Å². The van der Waals surface area contributed by atoms with Crippen molar-refractivity contribution in [3.63, 3.8) is 0 Å². The molecule has 1 rings (SSSR count). The van der Waals surface area contributed by atoms with Gasteiger partial charge in [0.05, 0.1) is 12.7 Å². The molecule has 1 fully saturated rings. The number of carbonyl (C=O) groups is 2. The van der Waals surface area contributed by atoms with Gasteiger partial charge in [-0.15, -0.1) is 0 Å². The van der Waals surface area contributed by atoms with Crippen LogP contribution in [0.2, 0.25) is 0 Å². The summed E-state index contributed by atoms with van der Waals surface area (Å²) >= 11 is 0. The van der Waals surface area contributed by atoms with Crippen molar-refractivity contribution in [3.05, 3.63) is 0 Å². The summed E-state index contributed by atoms with van der Waals surface area (Å²) in [5.74, 6) is -0.0612. The van der Waals surface area contributed by atoms with E-state index >= 15 is 0 Å². The van der Waals surface area contributed by atoms with E-state index in [1.807, 2.05) is 20.8 Å². The molecule has 2 atom stereocenters. The van der Waals surface area contributed by atoms with E-state index in [1.165, 1.54) is 0 Å². The maximum atomic E-state index is 12.1. The normalized spacial score (nSPS) is 24.6. The van der Waals surface area contributed by atoms with Gasteiger partial charge in [0.15, 0.2) is 0 Å². The summed E-state index contributed by atoms with van der Waals surface area (Å²) in [5, 5.41) is 2.72. The lowest BCUT2D eigenvalue weighted by Gasteiger charge is -2.38. The van der Waals surface area contributed by atoms with Crippen LogP contribution in [0.1, 0.15) is 40.5 Å². The van der Waals surface area contributed by atoms with E-state index in [1.54, 1.807) is 11.8 Å². The number of piperazine rings is 1. The van der Waals surface area contributed by atoms with Gasteiger partial charge in [-0.05, 0) is 27.2 Å². The highest BCUT2D eigenvalue weighted by molar-refractivity contribution is 5.96. The zero-order valence-electron chi connectivity index (χ0n) is 11.7. The summed E-state index contributed by atoms with van der Waals surface area (Å²) in [5.41, 5.74) is 0. The molecule has 18 heavy (non-hydrogen) atoms. The van der Waals surface area contributed by atoms with E-state index in [0.29, 0.717) is 19.6 Å². The zero-order valence-corrected chi connectivity index (χ0v) is 11.7. The third-order valence-corrected chi connectivity index (χ3v) is 3.04. The molecule has 1 aliphatic rings. The van der Waals surface area contributed by atoms with Crippen LogP contribution in [0, 0.1) is 0 Å². The average Bonchev–Trinajstić information content (AvgIpc) is 2.29. The Morgan fingerprint density at radius 1 is 1.39 bits per heavy atom. The van der Waals surface area contributed by atoms with Crippen LogP contribution < -0.4 is 5.32 Å². The fourth-order valence-corrected chi connectivity index (χ4v) is 2.13. The Morgan fingerprint density at radius 3 is 2.61 bits per heavy atom. The lowest BCUT2D eigenvalue weighted by Crippen LogP contribution is -2.62. The Labute approximate surface area is 109 Å². The van der Waals surface area contributed by atoms with Crippen LogP contribution in [-0.4, -0.2) is 48.1 Å². The number of hydrogen-bond donors (Lipinski definition) is 1. The molecule has 0 aromatic carbocycles. The first-order chi connectivity index (χ1) is 8.47. The Balaban J connectivity index is 2.66. The second-order valence-corrected chi connectivity index (χ2v) is 4.99. The fraction of sp³-hybridized carbons (Fsp3) is 0.846. The van der Waals surface area contributed by atoms with Crippen molar-refractivity contribution in [2.24, 2.45) is 0 Å². The molecule has 5 heteroatoms. The van der Waals surface area contributed by atoms with Gasteiger partial charge in [-0.3, -0.25) is 9.59 Å². The van der Waals surface area contributed by atoms with Gasteiger partial charge < -0.3 is 15.0 Å². The molecule has 1 N–H and O–H groups in total. The first-order valence-electron chi connectivity index (χ1n) is 6.69. The molecule has 0 aliphatic carbocycles. The van der Waals surface area contributed by atoms with E-state index in [0.717, 1.165) is 6.42 Å². The van der Waals surface area contributed by atoms with Gasteiger partial charge in [0.25, 0.3) is 0 Å². The lowest BCUT2D eigenvalue weighted by atomic mass is 10.0. The molecule has 0 bridgehead atoms. The molecule has 0 saturated carbocycles. The largest absolute Gasteiger partial charge is 0.377 e. The maximum absolute atomic E-state index is 12.1. The number of nitrogens with zero attached hydrogens (tertiary/aromatic N) is 1. The van der Waals surface area contributed by atoms with Crippen molar-refractivity contribution >= 4 is 11.8 Å². The number of rotatable bonds is 6. The summed E-state index contributed by atoms with van der Waals surface area (Å²) in [6.45, 7) is 8.61. The summed E-state index contributed by atoms with van der Waals surface area (Å²) in [7, 11) is 0. The molecular weight excluding hydrogens is 232 g/mol. The average molecular weight is 256 g/mol. The van der Waals surface area contributed by atoms with Crippen molar-refractivity contribution in [2.75, 3.05) is 13.2 Å². The second kappa shape index (κ2) is 6.73. The number of carbonyl (C=O) groups excluding carboxylic acids is 2. The van der Waals surface area contributed by atoms with Crippen LogP contribution in [0.4, 0.5) is 0 Å². The fourth-order valence-electron chi connectivity index (χ4n) is 2.13. The van der Waals surface area contributed by atoms with Crippen LogP contribution >= 0.6 is 0 Å². The zero-order chi connectivity index (χ0) is 13.7. The molecule has 0 radical (unpaired) electrons. The first-order valence-corrected chi connectivity index (χ1v) is 6.69. The molecule has 1 heterocycles. The molecule has 104 valence electrons. The Morgan fingerprint density at radius 2 is 2.06 bits per heavy atom. The monoisotopic (exact) mass is 256 g/mol. The topological polar surface area (TPSA) is 58.6 Å². The molecule has 5 nitrogen and oxygen atoms in total. The van der Waals surface area contributed by atoms with Gasteiger partial charge in [-0.25, -0.2) is 0 Å². The molecule has 2 unspecified atom stereocenters. The summed E-state index contributed by atoms with van der Waals surface area (Å²) in [6.07, 6.45) is 1.72. The van der Waals surface area contributed by atoms with E-state index in [9.17, 15) is 9.59 Å². The van der Waals surface area contributed by atoms with Crippen LogP contribution in [0.5, 0.6) is 0 Å². The SMILES string of the molecule is CCCC1C(=O)NC(C)C(=O)N1CCOC(C)C. The van der Waals surface area contributed by atoms with Gasteiger partial charge in [-0.2, -0.15) is 0 Å². The quantitative estimate of drug-likeness (QED) is 0.769. The Hall–Kier alpha value is -1.10. The highest BCUT2D eigenvalue weighted by atomic mass is 16.5. The number of hydrogen-bond acceptors (Lipinski definition) is 3. The lowest BCUT2D eigenvalue weighted by molar-refractivity contribution is -0.150. The predicted molar refractivity (Wildman–Crippen MR) is 69.1 cm³/mol. The smallest absolute Gasteiger partial charge is 0.245 e. The molecule has 0 aromatic rings. The summed E-state index contributed by atoms with van der Waals surface area (Å²) < 4.78 is 5.46. The highest BCUT2D eigenvalue weighted by Gasteiger charge is 2.37. The molecule has 2 amide bonds. The Kier molecular flexibility index (Phi) is 5.59. The third kappa shape index (κ3) is 3.70. The van der Waals surface area contributed by atoms with Crippen LogP contribution in [0.25, 0.3) is 0 Å². The number of nitrogens with one attached hydrogen (secondary N) is 1. The minimum absolute atomic E-state index is 0.0135. The van der Waals surface area contributed by atoms with Gasteiger partial charge in [-0.1, -0.05) is 13.3 Å². The molecule has 0 spiro atoms. The van der Waals surface area contributed by atoms with Gasteiger partial charge in [0.1, 0.15) is 12.1 Å². The molecule has 1 saturated heterocycles. The van der Waals surface area contributed by atoms with Crippen LogP contribution in [0.3, 0.4) is 0 Å². The first kappa shape index (κ1) is 15.0. The maximum Gasteiger partial charge on any atom is 0.245 e. The van der Waals surface area contributed by atoms with Crippen molar-refractivity contribution < 1.29 is 14.3 Å². The molecule has 0 aromatic heterocycles. The van der Waals surface area contributed by atoms with E-state index in [2.05, 4.69) is 5.32 Å². The van der Waals surface area contributed by atoms with Crippen molar-refractivity contribution in [3.8, 4) is 0 Å². The standard InChI is InChI=1S/C13H24N2O3/c1-5-6-11-12(16)14-10(4)13(17)15(11)7-8-18-9(2)3/h9-11H,5-8H2,1-4H3,(H,14,16). The van der Waals surface area contributed by atoms with E-state index in [4.69, 9.17) is 4.74 Å². The molecule has 1 aliphatic heterocycles. The minimum Gasteiger partial charge on any atom is -0.377 e. The van der Waals surface area contributed by atoms with E-state index < -0.39 is 6.04 Å². The van der Waals surface area contributed by atoms with Crippen LogP contribution in [0.15, 0.2) is 0 Å². The van der Waals surface area contributed by atoms with Crippen molar-refractivity contribution in [2.45, 2.75) is 58.7 Å². The van der Waals surface area contributed by atoms with Crippen molar-refractivity contribution in [1.29, 1.82) is 0 Å². The Bertz CT molecular complexity index is 305. The molecular formula is C13H24N2O3. The summed E-state index contributed by atoms with van der Waals surface area (Å²) in [4.78, 5) is 25.7. The minimum atomic E-state index is -0.426. The van der Waals surface area contributed by atoms with Gasteiger partial charge in [0.2, 0.25) is 11.8 Å². The number of ether oxygens (including phenoxy) is 1. The van der Waals surface area contributed by atoms with E-state index in [-0.39, 0.29) is 24.0 Å². The van der Waals surface area contributed by atoms with Gasteiger partial charge in [0, 0.05) is 6.54 Å². The number of amides is 2. The van der Waals surface area contributed by atoms with Crippen molar-refractivity contribution in [1.82, 2.24) is 10.2 Å². The summed E-state index contributed by atoms with van der Waals surface area (Å²) in [6, 6.07) is -0.765. The third-order valence-electron chi connectivity index (χ3n) is 3.04. The second-order valence-electron chi connectivity index (χ2n) is 4.99.